The minimum absolute atomic E-state index is 0.137. The fourth-order valence-corrected chi connectivity index (χ4v) is 2.39. The average Bonchev–Trinajstić information content (AvgIpc) is 2.27. The van der Waals surface area contributed by atoms with Crippen molar-refractivity contribution in [2.75, 3.05) is 7.11 Å². The normalized spacial score (nSPS) is 12.9. The number of para-hydroxylation sites is 1. The van der Waals surface area contributed by atoms with E-state index >= 15 is 0 Å². The molecule has 0 radical (unpaired) electrons. The van der Waals surface area contributed by atoms with Gasteiger partial charge in [0.15, 0.2) is 9.84 Å². The van der Waals surface area contributed by atoms with Crippen LogP contribution in [-0.2, 0) is 9.84 Å². The highest BCUT2D eigenvalue weighted by Crippen LogP contribution is 2.26. The molecule has 0 saturated heterocycles. The van der Waals surface area contributed by atoms with E-state index in [1.807, 2.05) is 0 Å². The molecule has 0 aliphatic carbocycles. The third kappa shape index (κ3) is 2.13. The molecule has 0 aliphatic rings. The van der Waals surface area contributed by atoms with Gasteiger partial charge >= 0.3 is 0 Å². The van der Waals surface area contributed by atoms with E-state index in [4.69, 9.17) is 11.2 Å². The molecule has 0 unspecified atom stereocenters. The highest BCUT2D eigenvalue weighted by molar-refractivity contribution is 7.92. The molecule has 0 fully saturated rings. The van der Waals surface area contributed by atoms with Crippen molar-refractivity contribution in [2.24, 2.45) is 0 Å². The van der Waals surface area contributed by atoms with Crippen LogP contribution in [0, 0.1) is 12.3 Å². The van der Waals surface area contributed by atoms with E-state index < -0.39 is 15.1 Å². The van der Waals surface area contributed by atoms with Gasteiger partial charge in [0.2, 0.25) is 0 Å². The van der Waals surface area contributed by atoms with E-state index in [9.17, 15) is 8.42 Å². The van der Waals surface area contributed by atoms with Gasteiger partial charge in [0.25, 0.3) is 0 Å². The van der Waals surface area contributed by atoms with Crippen LogP contribution in [-0.4, -0.2) is 20.8 Å². The molecule has 0 aliphatic heterocycles. The van der Waals surface area contributed by atoms with Crippen LogP contribution in [0.3, 0.4) is 0 Å². The molecule has 0 amide bonds. The fourth-order valence-electron chi connectivity index (χ4n) is 1.13. The van der Waals surface area contributed by atoms with Crippen LogP contribution >= 0.6 is 0 Å². The standard InChI is InChI=1S/C11H12O3S/c1-4-9(2)15(12,13)11-8-6-5-7-10(11)14-3/h1,5-9H,2-3H3/t9-/m1/s1. The molecule has 0 bridgehead atoms. The van der Waals surface area contributed by atoms with Crippen LogP contribution in [0.15, 0.2) is 29.2 Å². The monoisotopic (exact) mass is 224 g/mol. The number of terminal acetylenes is 1. The van der Waals surface area contributed by atoms with E-state index in [-0.39, 0.29) is 4.90 Å². The van der Waals surface area contributed by atoms with Gasteiger partial charge in [-0.2, -0.15) is 0 Å². The maximum atomic E-state index is 11.9. The molecular weight excluding hydrogens is 212 g/mol. The first kappa shape index (κ1) is 11.6. The number of rotatable bonds is 3. The highest BCUT2D eigenvalue weighted by Gasteiger charge is 2.24. The Hall–Kier alpha value is -1.47. The van der Waals surface area contributed by atoms with Crippen LogP contribution in [0.2, 0.25) is 0 Å². The summed E-state index contributed by atoms with van der Waals surface area (Å²) in [5, 5.41) is -0.853. The Morgan fingerprint density at radius 1 is 1.40 bits per heavy atom. The van der Waals surface area contributed by atoms with E-state index in [0.29, 0.717) is 5.75 Å². The first-order valence-corrected chi connectivity index (χ1v) is 5.91. The van der Waals surface area contributed by atoms with E-state index in [1.54, 1.807) is 18.2 Å². The fraction of sp³-hybridized carbons (Fsp3) is 0.273. The molecule has 0 heterocycles. The first-order valence-electron chi connectivity index (χ1n) is 4.37. The lowest BCUT2D eigenvalue weighted by atomic mass is 10.3. The zero-order chi connectivity index (χ0) is 11.5. The molecule has 0 saturated carbocycles. The Labute approximate surface area is 90.0 Å². The van der Waals surface area contributed by atoms with Crippen molar-refractivity contribution in [2.45, 2.75) is 17.1 Å². The number of benzene rings is 1. The average molecular weight is 224 g/mol. The molecule has 4 heteroatoms. The maximum Gasteiger partial charge on any atom is 0.195 e. The second kappa shape index (κ2) is 4.37. The molecular formula is C11H12O3S. The number of hydrogen-bond donors (Lipinski definition) is 0. The van der Waals surface area contributed by atoms with Gasteiger partial charge in [0.05, 0.1) is 7.11 Å². The second-order valence-electron chi connectivity index (χ2n) is 3.00. The van der Waals surface area contributed by atoms with Gasteiger partial charge in [-0.05, 0) is 19.1 Å². The molecule has 1 rings (SSSR count). The smallest absolute Gasteiger partial charge is 0.195 e. The first-order chi connectivity index (χ1) is 7.04. The van der Waals surface area contributed by atoms with Crippen LogP contribution in [0.1, 0.15) is 6.92 Å². The summed E-state index contributed by atoms with van der Waals surface area (Å²) in [5.74, 6) is 2.53. The van der Waals surface area contributed by atoms with Crippen molar-refractivity contribution in [3.05, 3.63) is 24.3 Å². The summed E-state index contributed by atoms with van der Waals surface area (Å²) in [6.07, 6.45) is 5.12. The summed E-state index contributed by atoms with van der Waals surface area (Å²) >= 11 is 0. The van der Waals surface area contributed by atoms with Crippen molar-refractivity contribution < 1.29 is 13.2 Å². The lowest BCUT2D eigenvalue weighted by molar-refractivity contribution is 0.402. The Kier molecular flexibility index (Phi) is 3.38. The predicted octanol–water partition coefficient (Wildman–Crippen LogP) is 1.49. The Balaban J connectivity index is 3.35. The van der Waals surface area contributed by atoms with Crippen molar-refractivity contribution in [1.29, 1.82) is 0 Å². The third-order valence-corrected chi connectivity index (χ3v) is 4.09. The van der Waals surface area contributed by atoms with Crippen molar-refractivity contribution in [1.82, 2.24) is 0 Å². The van der Waals surface area contributed by atoms with E-state index in [2.05, 4.69) is 5.92 Å². The number of ether oxygens (including phenoxy) is 1. The molecule has 3 nitrogen and oxygen atoms in total. The molecule has 1 aromatic carbocycles. The van der Waals surface area contributed by atoms with E-state index in [0.717, 1.165) is 0 Å². The SMILES string of the molecule is C#C[C@@H](C)S(=O)(=O)c1ccccc1OC. The Morgan fingerprint density at radius 3 is 2.53 bits per heavy atom. The minimum Gasteiger partial charge on any atom is -0.495 e. The van der Waals surface area contributed by atoms with Crippen LogP contribution in [0.4, 0.5) is 0 Å². The quantitative estimate of drug-likeness (QED) is 0.731. The zero-order valence-corrected chi connectivity index (χ0v) is 9.41. The molecule has 80 valence electrons. The largest absolute Gasteiger partial charge is 0.495 e. The van der Waals surface area contributed by atoms with Crippen LogP contribution in [0.5, 0.6) is 5.75 Å². The molecule has 0 spiro atoms. The summed E-state index contributed by atoms with van der Waals surface area (Å²) in [4.78, 5) is 0.137. The van der Waals surface area contributed by atoms with Gasteiger partial charge in [0.1, 0.15) is 15.9 Å². The second-order valence-corrected chi connectivity index (χ2v) is 5.24. The summed E-state index contributed by atoms with van der Waals surface area (Å²) in [5.41, 5.74) is 0. The van der Waals surface area contributed by atoms with Gasteiger partial charge < -0.3 is 4.74 Å². The molecule has 0 aromatic heterocycles. The summed E-state index contributed by atoms with van der Waals surface area (Å²) in [6.45, 7) is 1.47. The van der Waals surface area contributed by atoms with Gasteiger partial charge in [-0.15, -0.1) is 6.42 Å². The Morgan fingerprint density at radius 2 is 2.00 bits per heavy atom. The number of hydrogen-bond acceptors (Lipinski definition) is 3. The maximum absolute atomic E-state index is 11.9. The van der Waals surface area contributed by atoms with Gasteiger partial charge in [-0.25, -0.2) is 8.42 Å². The van der Waals surface area contributed by atoms with Crippen molar-refractivity contribution in [3.63, 3.8) is 0 Å². The van der Waals surface area contributed by atoms with Crippen LogP contribution < -0.4 is 4.74 Å². The lowest BCUT2D eigenvalue weighted by Crippen LogP contribution is -2.16. The van der Waals surface area contributed by atoms with E-state index in [1.165, 1.54) is 20.1 Å². The third-order valence-electron chi connectivity index (χ3n) is 2.08. The molecule has 1 aromatic rings. The predicted molar refractivity (Wildman–Crippen MR) is 58.5 cm³/mol. The van der Waals surface area contributed by atoms with Crippen LogP contribution in [0.25, 0.3) is 0 Å². The molecule has 1 atom stereocenters. The minimum atomic E-state index is -3.49. The highest BCUT2D eigenvalue weighted by atomic mass is 32.2. The zero-order valence-electron chi connectivity index (χ0n) is 8.60. The summed E-state index contributed by atoms with van der Waals surface area (Å²) in [7, 11) is -2.07. The van der Waals surface area contributed by atoms with Gasteiger partial charge in [-0.3, -0.25) is 0 Å². The van der Waals surface area contributed by atoms with Crippen molar-refractivity contribution in [3.8, 4) is 18.1 Å². The molecule has 0 N–H and O–H groups in total. The lowest BCUT2D eigenvalue weighted by Gasteiger charge is -2.10. The van der Waals surface area contributed by atoms with Crippen molar-refractivity contribution >= 4 is 9.84 Å². The topological polar surface area (TPSA) is 43.4 Å². The Bertz CT molecular complexity index is 483. The number of sulfone groups is 1. The molecule has 15 heavy (non-hydrogen) atoms. The van der Waals surface area contributed by atoms with Gasteiger partial charge in [-0.1, -0.05) is 18.1 Å². The van der Waals surface area contributed by atoms with Gasteiger partial charge in [0, 0.05) is 0 Å². The summed E-state index contributed by atoms with van der Waals surface area (Å²) < 4.78 is 28.8. The number of methoxy groups -OCH3 is 1. The summed E-state index contributed by atoms with van der Waals surface area (Å²) in [6, 6.07) is 6.43.